The van der Waals surface area contributed by atoms with Crippen LogP contribution in [0.2, 0.25) is 0 Å². The van der Waals surface area contributed by atoms with E-state index >= 15 is 0 Å². The summed E-state index contributed by atoms with van der Waals surface area (Å²) in [6.07, 6.45) is 1.51. The van der Waals surface area contributed by atoms with Gasteiger partial charge in [0.05, 0.1) is 4.90 Å². The first kappa shape index (κ1) is 19.6. The number of primary amides is 1. The molecular weight excluding hydrogens is 385 g/mol. The van der Waals surface area contributed by atoms with Crippen LogP contribution < -0.4 is 5.73 Å². The first-order valence-corrected chi connectivity index (χ1v) is 10.2. The van der Waals surface area contributed by atoms with E-state index in [-0.39, 0.29) is 17.1 Å². The largest absolute Gasteiger partial charge is 0.370 e. The number of amides is 1. The van der Waals surface area contributed by atoms with Crippen LogP contribution in [0.4, 0.5) is 4.39 Å². The van der Waals surface area contributed by atoms with E-state index in [0.717, 1.165) is 11.8 Å². The lowest BCUT2D eigenvalue weighted by Gasteiger charge is -2.17. The van der Waals surface area contributed by atoms with Crippen LogP contribution in [0.1, 0.15) is 23.5 Å². The van der Waals surface area contributed by atoms with Gasteiger partial charge in [0.25, 0.3) is 0 Å². The molecule has 1 unspecified atom stereocenters. The molecule has 1 amide bonds. The molecule has 1 atom stereocenters. The maximum atomic E-state index is 14.2. The van der Waals surface area contributed by atoms with Gasteiger partial charge in [0.1, 0.15) is 5.82 Å². The molecule has 10 heteroatoms. The maximum absolute atomic E-state index is 14.2. The van der Waals surface area contributed by atoms with Crippen molar-refractivity contribution in [3.05, 3.63) is 59.4 Å². The van der Waals surface area contributed by atoms with Gasteiger partial charge in [0, 0.05) is 18.2 Å². The van der Waals surface area contributed by atoms with Crippen molar-refractivity contribution in [3.63, 3.8) is 0 Å². The molecule has 0 spiro atoms. The average molecular weight is 403 g/mol. The number of carbonyl (C=O) groups excluding carboxylic acids is 1. The zero-order valence-corrected chi connectivity index (χ0v) is 15.8. The van der Waals surface area contributed by atoms with Gasteiger partial charge in [-0.1, -0.05) is 12.1 Å². The van der Waals surface area contributed by atoms with Crippen LogP contribution in [0.3, 0.4) is 0 Å². The molecule has 0 bridgehead atoms. The quantitative estimate of drug-likeness (QED) is 0.616. The van der Waals surface area contributed by atoms with E-state index in [4.69, 9.17) is 5.73 Å². The van der Waals surface area contributed by atoms with E-state index < -0.39 is 27.5 Å². The second kappa shape index (κ2) is 7.85. The Kier molecular flexibility index (Phi) is 5.50. The van der Waals surface area contributed by atoms with Crippen molar-refractivity contribution in [3.8, 4) is 11.4 Å². The average Bonchev–Trinajstić information content (AvgIpc) is 3.15. The molecule has 2 aromatic carbocycles. The first-order chi connectivity index (χ1) is 13.2. The molecule has 8 nitrogen and oxygen atoms in total. The molecule has 3 N–H and O–H groups in total. The number of tetrazole rings is 1. The first-order valence-electron chi connectivity index (χ1n) is 8.34. The zero-order chi connectivity index (χ0) is 20.3. The minimum Gasteiger partial charge on any atom is -0.370 e. The van der Waals surface area contributed by atoms with Crippen molar-refractivity contribution in [1.82, 2.24) is 20.6 Å². The highest BCUT2D eigenvalue weighted by Crippen LogP contribution is 2.29. The van der Waals surface area contributed by atoms with Crippen LogP contribution in [0.25, 0.3) is 11.4 Å². The molecule has 0 radical (unpaired) electrons. The Morgan fingerprint density at radius 3 is 2.50 bits per heavy atom. The van der Waals surface area contributed by atoms with Gasteiger partial charge in [-0.2, -0.15) is 5.21 Å². The lowest BCUT2D eigenvalue weighted by Crippen LogP contribution is -2.17. The molecule has 0 saturated heterocycles. The predicted octanol–water partition coefficient (Wildman–Crippen LogP) is 1.61. The summed E-state index contributed by atoms with van der Waals surface area (Å²) >= 11 is 0. The summed E-state index contributed by atoms with van der Waals surface area (Å²) in [5.74, 6) is -1.19. The number of hydrogen-bond acceptors (Lipinski definition) is 6. The molecule has 0 aliphatic heterocycles. The van der Waals surface area contributed by atoms with E-state index in [1.807, 2.05) is 0 Å². The summed E-state index contributed by atoms with van der Waals surface area (Å²) in [7, 11) is -3.30. The third-order valence-electron chi connectivity index (χ3n) is 4.28. The topological polar surface area (TPSA) is 132 Å². The predicted molar refractivity (Wildman–Crippen MR) is 99.4 cm³/mol. The monoisotopic (exact) mass is 403 g/mol. The molecule has 0 aliphatic rings. The number of nitrogens with zero attached hydrogens (tertiary/aromatic N) is 3. The number of sulfone groups is 1. The Balaban J connectivity index is 1.93. The van der Waals surface area contributed by atoms with Crippen LogP contribution in [-0.2, 0) is 21.1 Å². The second-order valence-corrected chi connectivity index (χ2v) is 8.51. The van der Waals surface area contributed by atoms with Gasteiger partial charge in [0.2, 0.25) is 11.7 Å². The lowest BCUT2D eigenvalue weighted by molar-refractivity contribution is -0.118. The molecule has 0 aliphatic carbocycles. The maximum Gasteiger partial charge on any atom is 0.218 e. The molecule has 146 valence electrons. The van der Waals surface area contributed by atoms with E-state index in [2.05, 4.69) is 20.6 Å². The molecule has 28 heavy (non-hydrogen) atoms. The van der Waals surface area contributed by atoms with Gasteiger partial charge in [-0.25, -0.2) is 12.8 Å². The van der Waals surface area contributed by atoms with Crippen molar-refractivity contribution >= 4 is 15.7 Å². The molecule has 1 heterocycles. The molecule has 3 aromatic rings. The van der Waals surface area contributed by atoms with Gasteiger partial charge in [-0.3, -0.25) is 4.79 Å². The Morgan fingerprint density at radius 1 is 1.21 bits per heavy atom. The van der Waals surface area contributed by atoms with Gasteiger partial charge in [0.15, 0.2) is 9.84 Å². The van der Waals surface area contributed by atoms with Crippen LogP contribution in [0, 0.1) is 5.82 Å². The number of carbonyl (C=O) groups is 1. The van der Waals surface area contributed by atoms with Crippen LogP contribution in [0.5, 0.6) is 0 Å². The standard InChI is InChI=1S/C18H18FN5O3S/c1-28(26,27)16-4-2-11(3-5-16)6-12(10-17(20)25)13-7-14(9-15(19)8-13)18-21-23-24-22-18/h2-5,7-9,12H,6,10H2,1H3,(H2,20,25)(H,21,22,23,24). The van der Waals surface area contributed by atoms with Crippen LogP contribution >= 0.6 is 0 Å². The van der Waals surface area contributed by atoms with E-state index in [1.165, 1.54) is 24.3 Å². The highest BCUT2D eigenvalue weighted by molar-refractivity contribution is 7.90. The number of H-pyrrole nitrogens is 1. The molecule has 1 aromatic heterocycles. The number of benzene rings is 2. The second-order valence-electron chi connectivity index (χ2n) is 6.50. The lowest BCUT2D eigenvalue weighted by atomic mass is 9.88. The molecule has 0 saturated carbocycles. The molecule has 3 rings (SSSR count). The fraction of sp³-hybridized carbons (Fsp3) is 0.222. The number of nitrogens with one attached hydrogen (secondary N) is 1. The van der Waals surface area contributed by atoms with Crippen molar-refractivity contribution < 1.29 is 17.6 Å². The van der Waals surface area contributed by atoms with Crippen molar-refractivity contribution in [2.24, 2.45) is 5.73 Å². The van der Waals surface area contributed by atoms with Gasteiger partial charge in [-0.15, -0.1) is 10.2 Å². The fourth-order valence-corrected chi connectivity index (χ4v) is 3.60. The minimum atomic E-state index is -3.30. The minimum absolute atomic E-state index is 0.00294. The summed E-state index contributed by atoms with van der Waals surface area (Å²) in [4.78, 5) is 11.8. The third kappa shape index (κ3) is 4.77. The number of halogens is 1. The summed E-state index contributed by atoms with van der Waals surface area (Å²) in [5, 5.41) is 13.5. The fourth-order valence-electron chi connectivity index (χ4n) is 2.97. The number of aromatic nitrogens is 4. The highest BCUT2D eigenvalue weighted by Gasteiger charge is 2.19. The normalized spacial score (nSPS) is 12.6. The number of hydrogen-bond donors (Lipinski definition) is 2. The summed E-state index contributed by atoms with van der Waals surface area (Å²) in [6.45, 7) is 0. The number of nitrogens with two attached hydrogens (primary N) is 1. The Bertz CT molecular complexity index is 1080. The van der Waals surface area contributed by atoms with Gasteiger partial charge < -0.3 is 5.73 Å². The molecule has 0 fully saturated rings. The molecular formula is C18H18FN5O3S. The van der Waals surface area contributed by atoms with Gasteiger partial charge in [-0.05, 0) is 59.0 Å². The number of rotatable bonds is 7. The Hall–Kier alpha value is -3.14. The van der Waals surface area contributed by atoms with Crippen molar-refractivity contribution in [2.45, 2.75) is 23.7 Å². The smallest absolute Gasteiger partial charge is 0.218 e. The van der Waals surface area contributed by atoms with Crippen molar-refractivity contribution in [1.29, 1.82) is 0 Å². The van der Waals surface area contributed by atoms with Crippen LogP contribution in [0.15, 0.2) is 47.4 Å². The SMILES string of the molecule is CS(=O)(=O)c1ccc(CC(CC(N)=O)c2cc(F)cc(-c3nn[nH]n3)c2)cc1. The number of aromatic amines is 1. The summed E-state index contributed by atoms with van der Waals surface area (Å²) < 4.78 is 37.4. The summed E-state index contributed by atoms with van der Waals surface area (Å²) in [5.41, 5.74) is 7.16. The van der Waals surface area contributed by atoms with Gasteiger partial charge >= 0.3 is 0 Å². The third-order valence-corrected chi connectivity index (χ3v) is 5.40. The van der Waals surface area contributed by atoms with E-state index in [9.17, 15) is 17.6 Å². The van der Waals surface area contributed by atoms with E-state index in [0.29, 0.717) is 17.5 Å². The Morgan fingerprint density at radius 2 is 1.93 bits per heavy atom. The van der Waals surface area contributed by atoms with Crippen LogP contribution in [-0.4, -0.2) is 41.2 Å². The highest BCUT2D eigenvalue weighted by atomic mass is 32.2. The zero-order valence-electron chi connectivity index (χ0n) is 15.0. The van der Waals surface area contributed by atoms with Crippen molar-refractivity contribution in [2.75, 3.05) is 6.26 Å². The van der Waals surface area contributed by atoms with E-state index in [1.54, 1.807) is 18.2 Å². The Labute approximate surface area is 160 Å². The summed E-state index contributed by atoms with van der Waals surface area (Å²) in [6, 6.07) is 10.6.